The van der Waals surface area contributed by atoms with Crippen LogP contribution in [0.15, 0.2) is 42.6 Å². The van der Waals surface area contributed by atoms with Crippen molar-refractivity contribution >= 4 is 22.8 Å². The molecule has 0 saturated carbocycles. The fraction of sp³-hybridized carbons (Fsp3) is 0.414. The Hall–Kier alpha value is -3.78. The SMILES string of the molecule is C[C@]1(c2ccc(Cl)cn2)Oc2cccc(C3CCN(Cc4nc5cc(C#N)nnc5n4C[C@@H]4CCO4)CC3)c2O1. The summed E-state index contributed by atoms with van der Waals surface area (Å²) in [5.41, 5.74) is 3.52. The lowest BCUT2D eigenvalue weighted by molar-refractivity contribution is -0.0722. The third kappa shape index (κ3) is 4.54. The van der Waals surface area contributed by atoms with E-state index in [1.807, 2.05) is 25.1 Å². The van der Waals surface area contributed by atoms with E-state index in [0.717, 1.165) is 56.3 Å². The van der Waals surface area contributed by atoms with E-state index < -0.39 is 5.79 Å². The average Bonchev–Trinajstić information content (AvgIpc) is 3.47. The number of imidazole rings is 1. The van der Waals surface area contributed by atoms with Gasteiger partial charge in [0.25, 0.3) is 5.79 Å². The zero-order chi connectivity index (χ0) is 27.3. The number of benzene rings is 1. The third-order valence-corrected chi connectivity index (χ3v) is 8.29. The number of piperidine rings is 1. The van der Waals surface area contributed by atoms with Crippen LogP contribution in [0.3, 0.4) is 0 Å². The predicted molar refractivity (Wildman–Crippen MR) is 146 cm³/mol. The van der Waals surface area contributed by atoms with E-state index >= 15 is 0 Å². The minimum atomic E-state index is -0.999. The van der Waals surface area contributed by atoms with Crippen molar-refractivity contribution in [2.24, 2.45) is 0 Å². The van der Waals surface area contributed by atoms with Gasteiger partial charge in [-0.3, -0.25) is 9.88 Å². The van der Waals surface area contributed by atoms with Crippen LogP contribution in [0.1, 0.15) is 54.9 Å². The topological polar surface area (TPSA) is 111 Å². The molecule has 2 fully saturated rings. The van der Waals surface area contributed by atoms with Crippen LogP contribution >= 0.6 is 11.6 Å². The van der Waals surface area contributed by atoms with Gasteiger partial charge in [0.2, 0.25) is 0 Å². The van der Waals surface area contributed by atoms with Gasteiger partial charge in [-0.15, -0.1) is 10.2 Å². The molecule has 0 radical (unpaired) electrons. The highest BCUT2D eigenvalue weighted by Gasteiger charge is 2.42. The lowest BCUT2D eigenvalue weighted by atomic mass is 9.88. The van der Waals surface area contributed by atoms with Gasteiger partial charge < -0.3 is 18.8 Å². The number of pyridine rings is 1. The Bertz CT molecular complexity index is 1610. The van der Waals surface area contributed by atoms with Gasteiger partial charge in [-0.25, -0.2) is 4.98 Å². The number of hydrogen-bond acceptors (Lipinski definition) is 9. The number of nitriles is 1. The van der Waals surface area contributed by atoms with Crippen molar-refractivity contribution in [1.29, 1.82) is 5.26 Å². The van der Waals surface area contributed by atoms with Crippen LogP contribution in [0.2, 0.25) is 5.02 Å². The lowest BCUT2D eigenvalue weighted by Gasteiger charge is -2.33. The van der Waals surface area contributed by atoms with Gasteiger partial charge >= 0.3 is 0 Å². The Morgan fingerprint density at radius 2 is 1.98 bits per heavy atom. The summed E-state index contributed by atoms with van der Waals surface area (Å²) in [7, 11) is 0. The second kappa shape index (κ2) is 10.0. The molecular weight excluding hydrogens is 530 g/mol. The largest absolute Gasteiger partial charge is 0.443 e. The highest BCUT2D eigenvalue weighted by atomic mass is 35.5. The molecule has 0 spiro atoms. The van der Waals surface area contributed by atoms with E-state index in [1.165, 1.54) is 5.56 Å². The minimum Gasteiger partial charge on any atom is -0.443 e. The molecule has 2 atom stereocenters. The molecule has 3 aliphatic heterocycles. The molecule has 0 aliphatic carbocycles. The molecule has 7 rings (SSSR count). The summed E-state index contributed by atoms with van der Waals surface area (Å²) in [5, 5.41) is 18.2. The van der Waals surface area contributed by atoms with E-state index in [-0.39, 0.29) is 11.8 Å². The number of aromatic nitrogens is 5. The number of rotatable bonds is 6. The standard InChI is InChI=1S/C29H28ClN7O3/c1-29(25-6-5-19(30)15-32-25)39-24-4-2-3-22(27(24)40-29)18-7-10-36(11-8-18)17-26-33-23-13-20(14-31)34-35-28(23)37(26)16-21-9-12-38-21/h2-6,13,15,18,21H,7-12,16-17H2,1H3/t21-,29-/m0/s1. The lowest BCUT2D eigenvalue weighted by Crippen LogP contribution is -2.35. The van der Waals surface area contributed by atoms with Crippen molar-refractivity contribution < 1.29 is 14.2 Å². The van der Waals surface area contributed by atoms with Crippen molar-refractivity contribution in [1.82, 2.24) is 29.6 Å². The van der Waals surface area contributed by atoms with Gasteiger partial charge in [-0.1, -0.05) is 23.7 Å². The van der Waals surface area contributed by atoms with E-state index in [1.54, 1.807) is 18.3 Å². The molecule has 2 saturated heterocycles. The smallest absolute Gasteiger partial charge is 0.292 e. The summed E-state index contributed by atoms with van der Waals surface area (Å²) < 4.78 is 20.5. The van der Waals surface area contributed by atoms with Crippen molar-refractivity contribution in [3.63, 3.8) is 0 Å². The molecule has 3 aliphatic rings. The molecular formula is C29H28ClN7O3. The molecule has 1 aromatic carbocycles. The Labute approximate surface area is 236 Å². The monoisotopic (exact) mass is 557 g/mol. The van der Waals surface area contributed by atoms with E-state index in [4.69, 9.17) is 30.8 Å². The number of ether oxygens (including phenoxy) is 3. The molecule has 6 heterocycles. The Morgan fingerprint density at radius 3 is 2.70 bits per heavy atom. The first-order valence-electron chi connectivity index (χ1n) is 13.6. The summed E-state index contributed by atoms with van der Waals surface area (Å²) in [5.74, 6) is 1.82. The van der Waals surface area contributed by atoms with Crippen LogP contribution in [-0.2, 0) is 23.6 Å². The summed E-state index contributed by atoms with van der Waals surface area (Å²) in [4.78, 5) is 11.7. The first kappa shape index (κ1) is 25.2. The Balaban J connectivity index is 1.07. The number of para-hydroxylation sites is 1. The minimum absolute atomic E-state index is 0.162. The van der Waals surface area contributed by atoms with Gasteiger partial charge in [0.15, 0.2) is 22.8 Å². The molecule has 40 heavy (non-hydrogen) atoms. The summed E-state index contributed by atoms with van der Waals surface area (Å²) in [6.45, 7) is 5.91. The van der Waals surface area contributed by atoms with Gasteiger partial charge in [-0.2, -0.15) is 5.26 Å². The highest BCUT2D eigenvalue weighted by Crippen LogP contribution is 2.49. The quantitative estimate of drug-likeness (QED) is 0.337. The van der Waals surface area contributed by atoms with Crippen molar-refractivity contribution in [3.05, 3.63) is 70.4 Å². The number of halogens is 1. The van der Waals surface area contributed by atoms with Crippen LogP contribution in [-0.4, -0.2) is 55.4 Å². The molecule has 0 amide bonds. The second-order valence-electron chi connectivity index (χ2n) is 10.7. The first-order valence-corrected chi connectivity index (χ1v) is 14.0. The van der Waals surface area contributed by atoms with E-state index in [9.17, 15) is 5.26 Å². The second-order valence-corrected chi connectivity index (χ2v) is 11.1. The maximum absolute atomic E-state index is 9.26. The first-order chi connectivity index (χ1) is 19.5. The van der Waals surface area contributed by atoms with Crippen LogP contribution in [0, 0.1) is 11.3 Å². The molecule has 0 bridgehead atoms. The fourth-order valence-corrected chi connectivity index (χ4v) is 5.90. The van der Waals surface area contributed by atoms with Crippen molar-refractivity contribution in [2.45, 2.75) is 57.1 Å². The zero-order valence-corrected chi connectivity index (χ0v) is 22.8. The molecule has 204 valence electrons. The molecule has 0 N–H and O–H groups in total. The van der Waals surface area contributed by atoms with Crippen LogP contribution in [0.5, 0.6) is 11.5 Å². The average molecular weight is 558 g/mol. The number of nitrogens with zero attached hydrogens (tertiary/aromatic N) is 7. The highest BCUT2D eigenvalue weighted by molar-refractivity contribution is 6.30. The van der Waals surface area contributed by atoms with Gasteiger partial charge in [0.1, 0.15) is 23.1 Å². The Kier molecular flexibility index (Phi) is 6.30. The van der Waals surface area contributed by atoms with E-state index in [0.29, 0.717) is 40.9 Å². The fourth-order valence-electron chi connectivity index (χ4n) is 5.79. The van der Waals surface area contributed by atoms with Crippen molar-refractivity contribution in [2.75, 3.05) is 19.7 Å². The maximum Gasteiger partial charge on any atom is 0.292 e. The molecule has 0 unspecified atom stereocenters. The normalized spacial score (nSPS) is 22.8. The van der Waals surface area contributed by atoms with E-state index in [2.05, 4.69) is 36.8 Å². The van der Waals surface area contributed by atoms with Crippen LogP contribution < -0.4 is 9.47 Å². The van der Waals surface area contributed by atoms with Crippen LogP contribution in [0.25, 0.3) is 11.2 Å². The molecule has 10 nitrogen and oxygen atoms in total. The van der Waals surface area contributed by atoms with Crippen molar-refractivity contribution in [3.8, 4) is 17.6 Å². The maximum atomic E-state index is 9.26. The summed E-state index contributed by atoms with van der Waals surface area (Å²) in [6, 6.07) is 13.5. The van der Waals surface area contributed by atoms with Gasteiger partial charge in [0, 0.05) is 31.4 Å². The molecule has 4 aromatic rings. The van der Waals surface area contributed by atoms with Crippen LogP contribution in [0.4, 0.5) is 0 Å². The molecule has 11 heteroatoms. The molecule has 3 aromatic heterocycles. The summed E-state index contributed by atoms with van der Waals surface area (Å²) >= 11 is 6.04. The number of hydrogen-bond donors (Lipinski definition) is 0. The zero-order valence-electron chi connectivity index (χ0n) is 22.1. The predicted octanol–water partition coefficient (Wildman–Crippen LogP) is 4.56. The number of fused-ring (bicyclic) bond motifs is 2. The Morgan fingerprint density at radius 1 is 1.12 bits per heavy atom. The summed E-state index contributed by atoms with van der Waals surface area (Å²) in [6.07, 6.45) is 4.77. The van der Waals surface area contributed by atoms with Gasteiger partial charge in [0.05, 0.1) is 24.2 Å². The number of likely N-dealkylation sites (tertiary alicyclic amines) is 1. The third-order valence-electron chi connectivity index (χ3n) is 8.06. The van der Waals surface area contributed by atoms with Gasteiger partial charge in [-0.05, 0) is 56.5 Å².